The van der Waals surface area contributed by atoms with Crippen LogP contribution >= 0.6 is 0 Å². The summed E-state index contributed by atoms with van der Waals surface area (Å²) in [6.07, 6.45) is 6.73. The lowest BCUT2D eigenvalue weighted by Crippen LogP contribution is -2.22. The molecule has 0 spiro atoms. The summed E-state index contributed by atoms with van der Waals surface area (Å²) in [7, 11) is 0. The maximum Gasteiger partial charge on any atom is 0.0468 e. The Labute approximate surface area is 76.5 Å². The Morgan fingerprint density at radius 3 is 2.42 bits per heavy atom. The van der Waals surface area contributed by atoms with Crippen molar-refractivity contribution in [2.45, 2.75) is 46.0 Å². The molecule has 0 bridgehead atoms. The molecule has 1 rings (SSSR count). The third kappa shape index (κ3) is 2.78. The smallest absolute Gasteiger partial charge is 0.0468 e. The van der Waals surface area contributed by atoms with Crippen molar-refractivity contribution in [1.29, 1.82) is 0 Å². The van der Waals surface area contributed by atoms with Gasteiger partial charge in [0.1, 0.15) is 0 Å². The fourth-order valence-corrected chi connectivity index (χ4v) is 2.33. The van der Waals surface area contributed by atoms with E-state index in [1.54, 1.807) is 0 Å². The molecule has 1 nitrogen and oxygen atoms in total. The number of hydrogen-bond donors (Lipinski definition) is 0. The molecule has 1 fully saturated rings. The normalized spacial score (nSPS) is 22.5. The Kier molecular flexibility index (Phi) is 4.67. The van der Waals surface area contributed by atoms with Crippen LogP contribution in [0, 0.1) is 11.8 Å². The average molecular weight is 170 g/mol. The van der Waals surface area contributed by atoms with E-state index in [-0.39, 0.29) is 0 Å². The summed E-state index contributed by atoms with van der Waals surface area (Å²) in [5.41, 5.74) is 0. The predicted octanol–water partition coefficient (Wildman–Crippen LogP) is 3.24. The Hall–Kier alpha value is -0.0400. The highest BCUT2D eigenvalue weighted by Gasteiger charge is 2.21. The van der Waals surface area contributed by atoms with Gasteiger partial charge in [-0.15, -0.1) is 0 Å². The Bertz CT molecular complexity index is 103. The molecule has 0 aromatic heterocycles. The van der Waals surface area contributed by atoms with E-state index in [9.17, 15) is 0 Å². The first-order valence-corrected chi connectivity index (χ1v) is 5.46. The van der Waals surface area contributed by atoms with Crippen LogP contribution in [-0.4, -0.2) is 13.2 Å². The summed E-state index contributed by atoms with van der Waals surface area (Å²) in [5, 5.41) is 0. The van der Waals surface area contributed by atoms with Crippen LogP contribution in [0.1, 0.15) is 46.0 Å². The molecule has 0 aliphatic carbocycles. The molecular weight excluding hydrogens is 148 g/mol. The topological polar surface area (TPSA) is 9.23 Å². The van der Waals surface area contributed by atoms with Crippen LogP contribution in [0.2, 0.25) is 0 Å². The minimum atomic E-state index is 0.962. The SMILES string of the molecule is CCCC(CC)C1CCOCC1. The second kappa shape index (κ2) is 5.58. The van der Waals surface area contributed by atoms with E-state index in [0.29, 0.717) is 0 Å². The lowest BCUT2D eigenvalue weighted by atomic mass is 9.82. The van der Waals surface area contributed by atoms with Gasteiger partial charge in [-0.1, -0.05) is 33.1 Å². The zero-order chi connectivity index (χ0) is 8.81. The van der Waals surface area contributed by atoms with E-state index in [0.717, 1.165) is 25.0 Å². The fourth-order valence-electron chi connectivity index (χ4n) is 2.33. The molecule has 0 saturated carbocycles. The molecular formula is C11H22O. The van der Waals surface area contributed by atoms with Gasteiger partial charge in [-0.25, -0.2) is 0 Å². The summed E-state index contributed by atoms with van der Waals surface area (Å²) < 4.78 is 5.37. The van der Waals surface area contributed by atoms with Gasteiger partial charge in [0, 0.05) is 13.2 Å². The van der Waals surface area contributed by atoms with Gasteiger partial charge in [-0.3, -0.25) is 0 Å². The molecule has 1 saturated heterocycles. The van der Waals surface area contributed by atoms with E-state index in [1.807, 2.05) is 0 Å². The maximum absolute atomic E-state index is 5.37. The molecule has 0 radical (unpaired) electrons. The Morgan fingerprint density at radius 2 is 1.92 bits per heavy atom. The summed E-state index contributed by atoms with van der Waals surface area (Å²) in [4.78, 5) is 0. The van der Waals surface area contributed by atoms with Gasteiger partial charge in [-0.05, 0) is 24.7 Å². The van der Waals surface area contributed by atoms with Crippen LogP contribution in [0.3, 0.4) is 0 Å². The molecule has 0 N–H and O–H groups in total. The summed E-state index contributed by atoms with van der Waals surface area (Å²) in [5.74, 6) is 1.93. The van der Waals surface area contributed by atoms with Gasteiger partial charge in [-0.2, -0.15) is 0 Å². The summed E-state index contributed by atoms with van der Waals surface area (Å²) in [6.45, 7) is 6.63. The van der Waals surface area contributed by atoms with Crippen molar-refractivity contribution in [3.8, 4) is 0 Å². The first-order chi connectivity index (χ1) is 5.88. The van der Waals surface area contributed by atoms with Gasteiger partial charge in [0.2, 0.25) is 0 Å². The van der Waals surface area contributed by atoms with Crippen LogP contribution in [0.4, 0.5) is 0 Å². The third-order valence-electron chi connectivity index (χ3n) is 3.12. The first kappa shape index (κ1) is 10.0. The highest BCUT2D eigenvalue weighted by molar-refractivity contribution is 4.71. The Balaban J connectivity index is 2.29. The van der Waals surface area contributed by atoms with Crippen LogP contribution in [-0.2, 0) is 4.74 Å². The highest BCUT2D eigenvalue weighted by Crippen LogP contribution is 2.29. The van der Waals surface area contributed by atoms with Gasteiger partial charge in [0.05, 0.1) is 0 Å². The molecule has 1 aliphatic rings. The molecule has 1 unspecified atom stereocenters. The standard InChI is InChI=1S/C11H22O/c1-3-5-10(4-2)11-6-8-12-9-7-11/h10-11H,3-9H2,1-2H3. The molecule has 0 amide bonds. The van der Waals surface area contributed by atoms with Gasteiger partial charge < -0.3 is 4.74 Å². The van der Waals surface area contributed by atoms with E-state index in [4.69, 9.17) is 4.74 Å². The molecule has 12 heavy (non-hydrogen) atoms. The quantitative estimate of drug-likeness (QED) is 0.629. The number of hydrogen-bond acceptors (Lipinski definition) is 1. The second-order valence-electron chi connectivity index (χ2n) is 3.91. The molecule has 1 heterocycles. The van der Waals surface area contributed by atoms with Crippen molar-refractivity contribution in [3.63, 3.8) is 0 Å². The summed E-state index contributed by atoms with van der Waals surface area (Å²) in [6, 6.07) is 0. The largest absolute Gasteiger partial charge is 0.381 e. The van der Waals surface area contributed by atoms with Crippen LogP contribution in [0.15, 0.2) is 0 Å². The molecule has 1 atom stereocenters. The highest BCUT2D eigenvalue weighted by atomic mass is 16.5. The fraction of sp³-hybridized carbons (Fsp3) is 1.00. The average Bonchev–Trinajstić information content (AvgIpc) is 2.15. The van der Waals surface area contributed by atoms with E-state index >= 15 is 0 Å². The molecule has 72 valence electrons. The first-order valence-electron chi connectivity index (χ1n) is 5.46. The van der Waals surface area contributed by atoms with E-state index in [1.165, 1.54) is 32.1 Å². The lowest BCUT2D eigenvalue weighted by molar-refractivity contribution is 0.0440. The number of rotatable bonds is 4. The van der Waals surface area contributed by atoms with Crippen molar-refractivity contribution in [2.75, 3.05) is 13.2 Å². The van der Waals surface area contributed by atoms with Crippen LogP contribution in [0.5, 0.6) is 0 Å². The van der Waals surface area contributed by atoms with Gasteiger partial charge in [0.25, 0.3) is 0 Å². The zero-order valence-electron chi connectivity index (χ0n) is 8.51. The maximum atomic E-state index is 5.37. The predicted molar refractivity (Wildman–Crippen MR) is 52.2 cm³/mol. The zero-order valence-corrected chi connectivity index (χ0v) is 8.51. The lowest BCUT2D eigenvalue weighted by Gasteiger charge is -2.29. The van der Waals surface area contributed by atoms with Crippen molar-refractivity contribution in [3.05, 3.63) is 0 Å². The van der Waals surface area contributed by atoms with E-state index < -0.39 is 0 Å². The molecule has 1 heteroatoms. The van der Waals surface area contributed by atoms with Gasteiger partial charge >= 0.3 is 0 Å². The van der Waals surface area contributed by atoms with Gasteiger partial charge in [0.15, 0.2) is 0 Å². The summed E-state index contributed by atoms with van der Waals surface area (Å²) >= 11 is 0. The molecule has 1 aliphatic heterocycles. The van der Waals surface area contributed by atoms with Crippen LogP contribution < -0.4 is 0 Å². The second-order valence-corrected chi connectivity index (χ2v) is 3.91. The minimum Gasteiger partial charge on any atom is -0.381 e. The monoisotopic (exact) mass is 170 g/mol. The van der Waals surface area contributed by atoms with Crippen LogP contribution in [0.25, 0.3) is 0 Å². The van der Waals surface area contributed by atoms with Crippen molar-refractivity contribution in [1.82, 2.24) is 0 Å². The van der Waals surface area contributed by atoms with Crippen molar-refractivity contribution >= 4 is 0 Å². The number of ether oxygens (including phenoxy) is 1. The Morgan fingerprint density at radius 1 is 1.25 bits per heavy atom. The third-order valence-corrected chi connectivity index (χ3v) is 3.12. The van der Waals surface area contributed by atoms with Crippen molar-refractivity contribution in [2.24, 2.45) is 11.8 Å². The molecule has 0 aromatic rings. The van der Waals surface area contributed by atoms with E-state index in [2.05, 4.69) is 13.8 Å². The van der Waals surface area contributed by atoms with Crippen molar-refractivity contribution < 1.29 is 4.74 Å². The minimum absolute atomic E-state index is 0.962. The molecule has 0 aromatic carbocycles.